The number of ketones is 1. The molecule has 1 saturated carbocycles. The fraction of sp³-hybridized carbons (Fsp3) is 0.545. The molecule has 0 spiro atoms. The zero-order chi connectivity index (χ0) is 11.8. The Bertz CT molecular complexity index is 392. The summed E-state index contributed by atoms with van der Waals surface area (Å²) in [5, 5.41) is 0. The summed E-state index contributed by atoms with van der Waals surface area (Å²) in [6.45, 7) is 0. The second-order valence-electron chi connectivity index (χ2n) is 4.10. The number of carbonyl (C=O) groups excluding carboxylic acids is 1. The zero-order valence-electron chi connectivity index (χ0n) is 8.51. The molecule has 1 heterocycles. The Hall–Kier alpha value is -0.480. The normalized spacial score (nSPS) is 20.9. The third-order valence-electron chi connectivity index (χ3n) is 2.90. The van der Waals surface area contributed by atoms with Crippen LogP contribution in [0.5, 0.6) is 0 Å². The molecule has 0 amide bonds. The maximum Gasteiger partial charge on any atom is 0.248 e. The summed E-state index contributed by atoms with van der Waals surface area (Å²) in [6.07, 6.45) is 0.202. The first kappa shape index (κ1) is 12.0. The van der Waals surface area contributed by atoms with E-state index in [1.165, 1.54) is 11.3 Å². The lowest BCUT2D eigenvalue weighted by molar-refractivity contribution is -0.0423. The molecule has 1 aromatic heterocycles. The number of hydrogen-bond acceptors (Lipinski definition) is 2. The Morgan fingerprint density at radius 3 is 2.50 bits per heavy atom. The molecule has 0 atom stereocenters. The van der Waals surface area contributed by atoms with Crippen molar-refractivity contribution < 1.29 is 13.6 Å². The van der Waals surface area contributed by atoms with Crippen molar-refractivity contribution in [3.05, 3.63) is 21.3 Å². The maximum atomic E-state index is 12.9. The van der Waals surface area contributed by atoms with Gasteiger partial charge in [0.2, 0.25) is 5.92 Å². The Labute approximate surface area is 101 Å². The van der Waals surface area contributed by atoms with E-state index in [2.05, 4.69) is 0 Å². The van der Waals surface area contributed by atoms with Crippen molar-refractivity contribution in [3.8, 4) is 0 Å². The molecule has 0 N–H and O–H groups in total. The van der Waals surface area contributed by atoms with Gasteiger partial charge in [0.25, 0.3) is 0 Å². The van der Waals surface area contributed by atoms with Gasteiger partial charge in [-0.3, -0.25) is 4.79 Å². The lowest BCUT2D eigenvalue weighted by Crippen LogP contribution is -2.28. The molecule has 0 aliphatic heterocycles. The van der Waals surface area contributed by atoms with Gasteiger partial charge in [-0.25, -0.2) is 8.78 Å². The van der Waals surface area contributed by atoms with Crippen LogP contribution >= 0.6 is 22.9 Å². The summed E-state index contributed by atoms with van der Waals surface area (Å²) in [7, 11) is 0. The van der Waals surface area contributed by atoms with Gasteiger partial charge in [-0.05, 0) is 25.0 Å². The highest BCUT2D eigenvalue weighted by molar-refractivity contribution is 7.18. The smallest absolute Gasteiger partial charge is 0.248 e. The largest absolute Gasteiger partial charge is 0.293 e. The van der Waals surface area contributed by atoms with E-state index in [4.69, 9.17) is 11.6 Å². The van der Waals surface area contributed by atoms with Crippen LogP contribution < -0.4 is 0 Å². The molecule has 88 valence electrons. The first-order chi connectivity index (χ1) is 7.48. The SMILES string of the molecule is O=C(c1ccc(Cl)s1)C1CCC(F)(F)CC1. The van der Waals surface area contributed by atoms with E-state index in [0.29, 0.717) is 9.21 Å². The number of halogens is 3. The molecule has 5 heteroatoms. The van der Waals surface area contributed by atoms with E-state index < -0.39 is 5.92 Å². The Morgan fingerprint density at radius 2 is 2.00 bits per heavy atom. The van der Waals surface area contributed by atoms with Crippen molar-refractivity contribution >= 4 is 28.7 Å². The van der Waals surface area contributed by atoms with Crippen molar-refractivity contribution in [1.29, 1.82) is 0 Å². The molecule has 0 saturated heterocycles. The fourth-order valence-corrected chi connectivity index (χ4v) is 3.01. The molecular formula is C11H11ClF2OS. The average Bonchev–Trinajstić information content (AvgIpc) is 2.64. The second-order valence-corrected chi connectivity index (χ2v) is 5.81. The van der Waals surface area contributed by atoms with Crippen molar-refractivity contribution in [2.45, 2.75) is 31.6 Å². The van der Waals surface area contributed by atoms with Gasteiger partial charge in [0.05, 0.1) is 9.21 Å². The van der Waals surface area contributed by atoms with Crippen LogP contribution in [0.2, 0.25) is 4.34 Å². The number of hydrogen-bond donors (Lipinski definition) is 0. The van der Waals surface area contributed by atoms with Gasteiger partial charge in [0.15, 0.2) is 5.78 Å². The summed E-state index contributed by atoms with van der Waals surface area (Å²) in [5.74, 6) is -2.87. The predicted molar refractivity (Wildman–Crippen MR) is 60.6 cm³/mol. The highest BCUT2D eigenvalue weighted by atomic mass is 35.5. The van der Waals surface area contributed by atoms with Crippen LogP contribution in [-0.2, 0) is 0 Å². The number of thiophene rings is 1. The van der Waals surface area contributed by atoms with Gasteiger partial charge >= 0.3 is 0 Å². The van der Waals surface area contributed by atoms with E-state index in [-0.39, 0.29) is 37.4 Å². The summed E-state index contributed by atoms with van der Waals surface area (Å²) >= 11 is 6.95. The van der Waals surface area contributed by atoms with E-state index in [9.17, 15) is 13.6 Å². The molecule has 1 aliphatic carbocycles. The molecule has 0 unspecified atom stereocenters. The third kappa shape index (κ3) is 2.61. The van der Waals surface area contributed by atoms with E-state index in [0.717, 1.165) is 0 Å². The molecule has 2 rings (SSSR count). The zero-order valence-corrected chi connectivity index (χ0v) is 10.1. The highest BCUT2D eigenvalue weighted by Crippen LogP contribution is 2.38. The van der Waals surface area contributed by atoms with Crippen LogP contribution in [0.3, 0.4) is 0 Å². The predicted octanol–water partition coefficient (Wildman–Crippen LogP) is 4.41. The molecule has 0 aromatic carbocycles. The monoisotopic (exact) mass is 264 g/mol. The second kappa shape index (κ2) is 4.41. The summed E-state index contributed by atoms with van der Waals surface area (Å²) in [6, 6.07) is 3.33. The number of carbonyl (C=O) groups is 1. The van der Waals surface area contributed by atoms with Crippen LogP contribution in [0.1, 0.15) is 35.4 Å². The van der Waals surface area contributed by atoms with Crippen LogP contribution in [0, 0.1) is 5.92 Å². The molecule has 0 bridgehead atoms. The first-order valence-electron chi connectivity index (χ1n) is 5.15. The lowest BCUT2D eigenvalue weighted by Gasteiger charge is -2.26. The Morgan fingerprint density at radius 1 is 1.38 bits per heavy atom. The van der Waals surface area contributed by atoms with Gasteiger partial charge in [-0.2, -0.15) is 0 Å². The van der Waals surface area contributed by atoms with E-state index >= 15 is 0 Å². The van der Waals surface area contributed by atoms with Crippen LogP contribution in [-0.4, -0.2) is 11.7 Å². The minimum Gasteiger partial charge on any atom is -0.293 e. The Balaban J connectivity index is 2.02. The first-order valence-corrected chi connectivity index (χ1v) is 6.35. The van der Waals surface area contributed by atoms with Gasteiger partial charge in [-0.15, -0.1) is 11.3 Å². The quantitative estimate of drug-likeness (QED) is 0.723. The third-order valence-corrected chi connectivity index (χ3v) is 4.15. The van der Waals surface area contributed by atoms with E-state index in [1.807, 2.05) is 0 Å². The summed E-state index contributed by atoms with van der Waals surface area (Å²) < 4.78 is 26.4. The molecular weight excluding hydrogens is 254 g/mol. The van der Waals surface area contributed by atoms with Crippen LogP contribution in [0.25, 0.3) is 0 Å². The Kier molecular flexibility index (Phi) is 3.31. The number of rotatable bonds is 2. The van der Waals surface area contributed by atoms with Gasteiger partial charge in [0, 0.05) is 18.8 Å². The standard InChI is InChI=1S/C11H11ClF2OS/c12-9-2-1-8(16-9)10(15)7-3-5-11(13,14)6-4-7/h1-2,7H,3-6H2. The van der Waals surface area contributed by atoms with Crippen molar-refractivity contribution in [3.63, 3.8) is 0 Å². The highest BCUT2D eigenvalue weighted by Gasteiger charge is 2.37. The number of alkyl halides is 2. The van der Waals surface area contributed by atoms with Crippen molar-refractivity contribution in [2.75, 3.05) is 0 Å². The summed E-state index contributed by atoms with van der Waals surface area (Å²) in [5.41, 5.74) is 0. The average molecular weight is 265 g/mol. The van der Waals surface area contributed by atoms with Crippen LogP contribution in [0.15, 0.2) is 12.1 Å². The summed E-state index contributed by atoms with van der Waals surface area (Å²) in [4.78, 5) is 12.5. The number of Topliss-reactive ketones (excluding diaryl/α,β-unsaturated/α-hetero) is 1. The molecule has 1 aromatic rings. The molecule has 16 heavy (non-hydrogen) atoms. The van der Waals surface area contributed by atoms with Crippen molar-refractivity contribution in [2.24, 2.45) is 5.92 Å². The van der Waals surface area contributed by atoms with Gasteiger partial charge < -0.3 is 0 Å². The van der Waals surface area contributed by atoms with Gasteiger partial charge in [-0.1, -0.05) is 11.6 Å². The van der Waals surface area contributed by atoms with E-state index in [1.54, 1.807) is 12.1 Å². The fourth-order valence-electron chi connectivity index (χ4n) is 1.95. The topological polar surface area (TPSA) is 17.1 Å². The van der Waals surface area contributed by atoms with Crippen LogP contribution in [0.4, 0.5) is 8.78 Å². The minimum absolute atomic E-state index is 0.0348. The molecule has 0 radical (unpaired) electrons. The van der Waals surface area contributed by atoms with Gasteiger partial charge in [0.1, 0.15) is 0 Å². The lowest BCUT2D eigenvalue weighted by atomic mass is 9.84. The maximum absolute atomic E-state index is 12.9. The van der Waals surface area contributed by atoms with Crippen molar-refractivity contribution in [1.82, 2.24) is 0 Å². The minimum atomic E-state index is -2.58. The molecule has 1 nitrogen and oxygen atoms in total. The molecule has 1 aliphatic rings. The molecule has 1 fully saturated rings.